The SMILES string of the molecule is CC(C)[C@@H](C(=O)N[C@@H](Cc1ccccc1)C(=O)C(F)(F)CCc1ccccc1)N(C(=O)CN)C(=O)NCc1cccnc1. The van der Waals surface area contributed by atoms with E-state index in [-0.39, 0.29) is 19.4 Å². The van der Waals surface area contributed by atoms with Crippen molar-refractivity contribution in [2.45, 2.75) is 57.7 Å². The molecule has 1 aromatic heterocycles. The lowest BCUT2D eigenvalue weighted by molar-refractivity contribution is -0.148. The number of carbonyl (C=O) groups excluding carboxylic acids is 4. The number of hydrogen-bond donors (Lipinski definition) is 3. The molecule has 228 valence electrons. The molecule has 4 N–H and O–H groups in total. The minimum Gasteiger partial charge on any atom is -0.344 e. The van der Waals surface area contributed by atoms with E-state index in [1.807, 2.05) is 0 Å². The Balaban J connectivity index is 1.86. The number of Topliss-reactive ketones (excluding diaryl/α,β-unsaturated/α-hetero) is 1. The highest BCUT2D eigenvalue weighted by atomic mass is 19.3. The van der Waals surface area contributed by atoms with Crippen molar-refractivity contribution in [2.24, 2.45) is 11.7 Å². The predicted octanol–water partition coefficient (Wildman–Crippen LogP) is 3.67. The molecular formula is C32H37F2N5O4. The third kappa shape index (κ3) is 9.50. The van der Waals surface area contributed by atoms with Gasteiger partial charge < -0.3 is 16.4 Å². The molecule has 11 heteroatoms. The van der Waals surface area contributed by atoms with Crippen LogP contribution in [-0.4, -0.2) is 58.1 Å². The number of hydrogen-bond acceptors (Lipinski definition) is 6. The molecule has 0 aliphatic rings. The molecule has 0 fully saturated rings. The Labute approximate surface area is 249 Å². The van der Waals surface area contributed by atoms with Gasteiger partial charge in [-0.3, -0.25) is 24.3 Å². The van der Waals surface area contributed by atoms with Crippen molar-refractivity contribution in [3.05, 3.63) is 102 Å². The number of nitrogens with two attached hydrogens (primary N) is 1. The van der Waals surface area contributed by atoms with Gasteiger partial charge in [0.15, 0.2) is 0 Å². The molecule has 0 bridgehead atoms. The number of imide groups is 1. The average Bonchev–Trinajstić information content (AvgIpc) is 3.01. The number of aromatic nitrogens is 1. The second-order valence-electron chi connectivity index (χ2n) is 10.5. The highest BCUT2D eigenvalue weighted by molar-refractivity contribution is 6.02. The van der Waals surface area contributed by atoms with Crippen molar-refractivity contribution >= 4 is 23.6 Å². The Morgan fingerprint density at radius 2 is 1.51 bits per heavy atom. The maximum atomic E-state index is 15.3. The van der Waals surface area contributed by atoms with E-state index in [2.05, 4.69) is 15.6 Å². The van der Waals surface area contributed by atoms with Crippen molar-refractivity contribution in [3.63, 3.8) is 0 Å². The molecular weight excluding hydrogens is 556 g/mol. The lowest BCUT2D eigenvalue weighted by Gasteiger charge is -2.33. The molecule has 9 nitrogen and oxygen atoms in total. The molecule has 0 aliphatic heterocycles. The first-order valence-corrected chi connectivity index (χ1v) is 14.0. The van der Waals surface area contributed by atoms with Crippen LogP contribution in [0.2, 0.25) is 0 Å². The van der Waals surface area contributed by atoms with E-state index in [1.165, 1.54) is 6.20 Å². The first-order chi connectivity index (χ1) is 20.5. The smallest absolute Gasteiger partial charge is 0.325 e. The van der Waals surface area contributed by atoms with Crippen LogP contribution in [0.1, 0.15) is 37.0 Å². The number of carbonyl (C=O) groups is 4. The van der Waals surface area contributed by atoms with Crippen molar-refractivity contribution < 1.29 is 28.0 Å². The highest BCUT2D eigenvalue weighted by Crippen LogP contribution is 2.25. The van der Waals surface area contributed by atoms with Gasteiger partial charge in [0, 0.05) is 25.4 Å². The Morgan fingerprint density at radius 3 is 2.07 bits per heavy atom. The Hall–Kier alpha value is -4.51. The first kappa shape index (κ1) is 33.0. The predicted molar refractivity (Wildman–Crippen MR) is 158 cm³/mol. The summed E-state index contributed by atoms with van der Waals surface area (Å²) in [7, 11) is 0. The summed E-state index contributed by atoms with van der Waals surface area (Å²) in [5.74, 6) is -7.64. The highest BCUT2D eigenvalue weighted by Gasteiger charge is 2.45. The molecule has 4 amide bonds. The van der Waals surface area contributed by atoms with Crippen LogP contribution >= 0.6 is 0 Å². The van der Waals surface area contributed by atoms with Crippen LogP contribution in [0.15, 0.2) is 85.2 Å². The van der Waals surface area contributed by atoms with Crippen LogP contribution in [-0.2, 0) is 33.8 Å². The maximum Gasteiger partial charge on any atom is 0.325 e. The van der Waals surface area contributed by atoms with Crippen LogP contribution in [0.4, 0.5) is 13.6 Å². The molecule has 0 unspecified atom stereocenters. The minimum atomic E-state index is -3.76. The maximum absolute atomic E-state index is 15.3. The van der Waals surface area contributed by atoms with E-state index >= 15 is 8.78 Å². The van der Waals surface area contributed by atoms with Crippen LogP contribution in [0.25, 0.3) is 0 Å². The number of nitrogens with zero attached hydrogens (tertiary/aromatic N) is 2. The molecule has 0 saturated heterocycles. The molecule has 0 aliphatic carbocycles. The number of alkyl halides is 2. The molecule has 3 rings (SSSR count). The van der Waals surface area contributed by atoms with Gasteiger partial charge in [0.1, 0.15) is 6.04 Å². The topological polar surface area (TPSA) is 134 Å². The minimum absolute atomic E-state index is 0.0101. The number of rotatable bonds is 14. The number of nitrogens with one attached hydrogen (secondary N) is 2. The van der Waals surface area contributed by atoms with Gasteiger partial charge in [0.05, 0.1) is 12.6 Å². The number of halogens is 2. The van der Waals surface area contributed by atoms with E-state index in [9.17, 15) is 19.2 Å². The summed E-state index contributed by atoms with van der Waals surface area (Å²) in [6.07, 6.45) is 2.08. The van der Waals surface area contributed by atoms with E-state index in [1.54, 1.807) is 92.8 Å². The van der Waals surface area contributed by atoms with E-state index < -0.39 is 60.5 Å². The van der Waals surface area contributed by atoms with Crippen molar-refractivity contribution in [1.29, 1.82) is 0 Å². The zero-order valence-corrected chi connectivity index (χ0v) is 24.2. The lowest BCUT2D eigenvalue weighted by Crippen LogP contribution is -2.61. The van der Waals surface area contributed by atoms with Crippen LogP contribution in [0.5, 0.6) is 0 Å². The molecule has 0 saturated carbocycles. The van der Waals surface area contributed by atoms with Gasteiger partial charge >= 0.3 is 12.0 Å². The zero-order chi connectivity index (χ0) is 31.4. The summed E-state index contributed by atoms with van der Waals surface area (Å²) in [4.78, 5) is 57.8. The summed E-state index contributed by atoms with van der Waals surface area (Å²) in [5, 5.41) is 5.03. The standard InChI is InChI=1S/C32H37F2N5O4/c1-22(2)28(39(27(40)19-35)31(43)37-21-25-14-9-17-36-20-25)30(42)38-26(18-24-12-7-4-8-13-24)29(41)32(33,34)16-15-23-10-5-3-6-11-23/h3-14,17,20,22,26,28H,15-16,18-19,21,35H2,1-2H3,(H,37,43)(H,38,42)/t26-,28-/m0/s1. The fourth-order valence-electron chi connectivity index (χ4n) is 4.62. The van der Waals surface area contributed by atoms with Gasteiger partial charge in [0.2, 0.25) is 17.6 Å². The number of amides is 4. The van der Waals surface area contributed by atoms with Crippen LogP contribution < -0.4 is 16.4 Å². The van der Waals surface area contributed by atoms with Crippen molar-refractivity contribution in [1.82, 2.24) is 20.5 Å². The Morgan fingerprint density at radius 1 is 0.907 bits per heavy atom. The Bertz CT molecular complexity index is 1360. The molecule has 0 radical (unpaired) electrons. The largest absolute Gasteiger partial charge is 0.344 e. The van der Waals surface area contributed by atoms with Gasteiger partial charge in [-0.05, 0) is 41.5 Å². The number of benzene rings is 2. The number of ketones is 1. The number of aryl methyl sites for hydroxylation is 1. The molecule has 3 aromatic rings. The summed E-state index contributed by atoms with van der Waals surface area (Å²) >= 11 is 0. The second-order valence-corrected chi connectivity index (χ2v) is 10.5. The monoisotopic (exact) mass is 593 g/mol. The fraction of sp³-hybridized carbons (Fsp3) is 0.344. The van der Waals surface area contributed by atoms with Crippen LogP contribution in [0, 0.1) is 5.92 Å². The summed E-state index contributed by atoms with van der Waals surface area (Å²) in [6.45, 7) is 2.62. The number of urea groups is 1. The van der Waals surface area contributed by atoms with Gasteiger partial charge in [-0.15, -0.1) is 0 Å². The zero-order valence-electron chi connectivity index (χ0n) is 24.2. The van der Waals surface area contributed by atoms with Gasteiger partial charge in [-0.2, -0.15) is 8.78 Å². The van der Waals surface area contributed by atoms with E-state index in [0.29, 0.717) is 21.6 Å². The van der Waals surface area contributed by atoms with Gasteiger partial charge in [-0.25, -0.2) is 4.79 Å². The van der Waals surface area contributed by atoms with Crippen molar-refractivity contribution in [2.75, 3.05) is 6.54 Å². The lowest BCUT2D eigenvalue weighted by atomic mass is 9.94. The third-order valence-electron chi connectivity index (χ3n) is 6.85. The number of pyridine rings is 1. The molecule has 1 heterocycles. The van der Waals surface area contributed by atoms with Gasteiger partial charge in [0.25, 0.3) is 0 Å². The average molecular weight is 594 g/mol. The van der Waals surface area contributed by atoms with Gasteiger partial charge in [-0.1, -0.05) is 80.6 Å². The molecule has 0 spiro atoms. The van der Waals surface area contributed by atoms with E-state index in [0.717, 1.165) is 0 Å². The summed E-state index contributed by atoms with van der Waals surface area (Å²) in [5.41, 5.74) is 7.42. The second kappa shape index (κ2) is 15.6. The summed E-state index contributed by atoms with van der Waals surface area (Å²) < 4.78 is 30.7. The third-order valence-corrected chi connectivity index (χ3v) is 6.85. The molecule has 2 atom stereocenters. The fourth-order valence-corrected chi connectivity index (χ4v) is 4.62. The Kier molecular flexibility index (Phi) is 12.0. The molecule has 2 aromatic carbocycles. The normalized spacial score (nSPS) is 12.7. The van der Waals surface area contributed by atoms with Crippen molar-refractivity contribution in [3.8, 4) is 0 Å². The summed E-state index contributed by atoms with van der Waals surface area (Å²) in [6, 6.07) is 16.5. The molecule has 43 heavy (non-hydrogen) atoms. The first-order valence-electron chi connectivity index (χ1n) is 14.0. The van der Waals surface area contributed by atoms with E-state index in [4.69, 9.17) is 5.73 Å². The quantitative estimate of drug-likeness (QED) is 0.261. The van der Waals surface area contributed by atoms with Crippen LogP contribution in [0.3, 0.4) is 0 Å².